The summed E-state index contributed by atoms with van der Waals surface area (Å²) in [5, 5.41) is 0. The third-order valence-corrected chi connectivity index (χ3v) is 4.53. The number of carbonyl (C=O) groups is 1. The van der Waals surface area contributed by atoms with Crippen LogP contribution in [0.5, 0.6) is 0 Å². The summed E-state index contributed by atoms with van der Waals surface area (Å²) >= 11 is 1.23. The number of thiazole rings is 1. The Hall–Kier alpha value is -1.96. The topological polar surface area (TPSA) is 34.4 Å². The van der Waals surface area contributed by atoms with E-state index in [1.54, 1.807) is 4.57 Å². The lowest BCUT2D eigenvalue weighted by Gasteiger charge is -2.09. The second kappa shape index (κ2) is 6.27. The van der Waals surface area contributed by atoms with Crippen LogP contribution in [0.4, 0.5) is 17.6 Å². The summed E-state index contributed by atoms with van der Waals surface area (Å²) in [6, 6.07) is 2.59. The SMILES string of the molecule is CCn1c(C)c(C)s/c1=N\C(=O)c1cccc(C(F)(F)F)c1F. The average molecular weight is 346 g/mol. The summed E-state index contributed by atoms with van der Waals surface area (Å²) in [6.07, 6.45) is -4.86. The van der Waals surface area contributed by atoms with E-state index in [9.17, 15) is 22.4 Å². The maximum atomic E-state index is 14.0. The Morgan fingerprint density at radius 2 is 1.96 bits per heavy atom. The molecule has 0 saturated heterocycles. The van der Waals surface area contributed by atoms with Gasteiger partial charge in [0.05, 0.1) is 11.1 Å². The number of aryl methyl sites for hydroxylation is 1. The normalized spacial score (nSPS) is 12.7. The van der Waals surface area contributed by atoms with Gasteiger partial charge in [-0.25, -0.2) is 4.39 Å². The molecule has 3 nitrogen and oxygen atoms in total. The molecule has 0 bridgehead atoms. The number of benzene rings is 1. The number of halogens is 4. The minimum atomic E-state index is -4.86. The van der Waals surface area contributed by atoms with Gasteiger partial charge in [-0.05, 0) is 32.9 Å². The summed E-state index contributed by atoms with van der Waals surface area (Å²) in [6.45, 7) is 6.10. The zero-order valence-electron chi connectivity index (χ0n) is 12.7. The third-order valence-electron chi connectivity index (χ3n) is 3.44. The van der Waals surface area contributed by atoms with Gasteiger partial charge >= 0.3 is 6.18 Å². The van der Waals surface area contributed by atoms with E-state index in [0.717, 1.165) is 22.7 Å². The van der Waals surface area contributed by atoms with E-state index >= 15 is 0 Å². The van der Waals surface area contributed by atoms with Gasteiger partial charge in [-0.1, -0.05) is 6.07 Å². The largest absolute Gasteiger partial charge is 0.419 e. The first kappa shape index (κ1) is 17.4. The lowest BCUT2D eigenvalue weighted by molar-refractivity contribution is -0.140. The molecule has 1 aromatic heterocycles. The second-order valence-electron chi connectivity index (χ2n) is 4.85. The summed E-state index contributed by atoms with van der Waals surface area (Å²) in [5.41, 5.74) is -1.25. The summed E-state index contributed by atoms with van der Waals surface area (Å²) in [4.78, 5) is 17.2. The quantitative estimate of drug-likeness (QED) is 0.755. The molecule has 124 valence electrons. The molecule has 0 N–H and O–H groups in total. The number of hydrogen-bond acceptors (Lipinski definition) is 2. The van der Waals surface area contributed by atoms with Crippen molar-refractivity contribution in [2.75, 3.05) is 0 Å². The molecular weight excluding hydrogens is 332 g/mol. The first-order valence-corrected chi connectivity index (χ1v) is 7.60. The van der Waals surface area contributed by atoms with Crippen molar-refractivity contribution < 1.29 is 22.4 Å². The van der Waals surface area contributed by atoms with Gasteiger partial charge in [-0.3, -0.25) is 4.79 Å². The number of carbonyl (C=O) groups excluding carboxylic acids is 1. The van der Waals surface area contributed by atoms with Crippen LogP contribution in [0.25, 0.3) is 0 Å². The van der Waals surface area contributed by atoms with Gasteiger partial charge in [0.2, 0.25) is 0 Å². The molecule has 0 radical (unpaired) electrons. The molecule has 2 rings (SSSR count). The molecule has 2 aromatic rings. The van der Waals surface area contributed by atoms with Crippen molar-refractivity contribution >= 4 is 17.2 Å². The Morgan fingerprint density at radius 1 is 1.30 bits per heavy atom. The second-order valence-corrected chi connectivity index (χ2v) is 6.03. The molecule has 0 saturated carbocycles. The number of amides is 1. The van der Waals surface area contributed by atoms with E-state index in [2.05, 4.69) is 4.99 Å². The molecule has 1 heterocycles. The van der Waals surface area contributed by atoms with E-state index in [1.165, 1.54) is 11.3 Å². The van der Waals surface area contributed by atoms with Crippen LogP contribution in [0, 0.1) is 19.7 Å². The van der Waals surface area contributed by atoms with E-state index in [0.29, 0.717) is 17.4 Å². The monoisotopic (exact) mass is 346 g/mol. The zero-order chi connectivity index (χ0) is 17.4. The number of nitrogens with zero attached hydrogens (tertiary/aromatic N) is 2. The molecule has 0 aliphatic heterocycles. The van der Waals surface area contributed by atoms with Crippen molar-refractivity contribution in [3.8, 4) is 0 Å². The van der Waals surface area contributed by atoms with Crippen molar-refractivity contribution in [1.29, 1.82) is 0 Å². The van der Waals surface area contributed by atoms with Gasteiger partial charge < -0.3 is 4.57 Å². The van der Waals surface area contributed by atoms with Crippen molar-refractivity contribution in [2.24, 2.45) is 4.99 Å². The Kier molecular flexibility index (Phi) is 4.74. The summed E-state index contributed by atoms with van der Waals surface area (Å²) in [5.74, 6) is -2.63. The van der Waals surface area contributed by atoms with Crippen LogP contribution in [0.2, 0.25) is 0 Å². The molecule has 0 aliphatic carbocycles. The third kappa shape index (κ3) is 3.36. The van der Waals surface area contributed by atoms with E-state index in [4.69, 9.17) is 0 Å². The fourth-order valence-electron chi connectivity index (χ4n) is 2.12. The van der Waals surface area contributed by atoms with Crippen LogP contribution < -0.4 is 4.80 Å². The molecule has 1 aromatic carbocycles. The molecule has 0 spiro atoms. The van der Waals surface area contributed by atoms with Gasteiger partial charge in [-0.15, -0.1) is 11.3 Å². The fraction of sp³-hybridized carbons (Fsp3) is 0.333. The average Bonchev–Trinajstić information content (AvgIpc) is 2.72. The standard InChI is InChI=1S/C15H14F4N2OS/c1-4-21-8(2)9(3)23-14(21)20-13(22)10-6-5-7-11(12(10)16)15(17,18)19/h5-7H,4H2,1-3H3/b20-14-. The Bertz CT molecular complexity index is 818. The Balaban J connectivity index is 2.55. The summed E-state index contributed by atoms with van der Waals surface area (Å²) in [7, 11) is 0. The molecule has 0 fully saturated rings. The van der Waals surface area contributed by atoms with Gasteiger partial charge in [0.25, 0.3) is 5.91 Å². The zero-order valence-corrected chi connectivity index (χ0v) is 13.5. The predicted octanol–water partition coefficient (Wildman–Crippen LogP) is 4.09. The minimum Gasteiger partial charge on any atom is -0.321 e. The highest BCUT2D eigenvalue weighted by Gasteiger charge is 2.35. The number of hydrogen-bond donors (Lipinski definition) is 0. The van der Waals surface area contributed by atoms with Crippen LogP contribution >= 0.6 is 11.3 Å². The van der Waals surface area contributed by atoms with Gasteiger partial charge in [0.15, 0.2) is 4.80 Å². The van der Waals surface area contributed by atoms with Crippen molar-refractivity contribution in [3.05, 3.63) is 50.5 Å². The smallest absolute Gasteiger partial charge is 0.321 e. The van der Waals surface area contributed by atoms with Crippen molar-refractivity contribution in [1.82, 2.24) is 4.57 Å². The molecule has 0 aliphatic rings. The lowest BCUT2D eigenvalue weighted by atomic mass is 10.1. The van der Waals surface area contributed by atoms with E-state index in [1.807, 2.05) is 20.8 Å². The number of aromatic nitrogens is 1. The van der Waals surface area contributed by atoms with Crippen LogP contribution in [0.1, 0.15) is 33.4 Å². The minimum absolute atomic E-state index is 0.337. The highest BCUT2D eigenvalue weighted by molar-refractivity contribution is 7.09. The molecule has 23 heavy (non-hydrogen) atoms. The van der Waals surface area contributed by atoms with Gasteiger partial charge in [0, 0.05) is 17.1 Å². The molecule has 8 heteroatoms. The first-order valence-electron chi connectivity index (χ1n) is 6.78. The predicted molar refractivity (Wildman–Crippen MR) is 78.8 cm³/mol. The molecule has 0 unspecified atom stereocenters. The van der Waals surface area contributed by atoms with Crippen LogP contribution in [-0.4, -0.2) is 10.5 Å². The van der Waals surface area contributed by atoms with Crippen molar-refractivity contribution in [2.45, 2.75) is 33.5 Å². The van der Waals surface area contributed by atoms with E-state index < -0.39 is 29.0 Å². The first-order chi connectivity index (χ1) is 10.7. The highest BCUT2D eigenvalue weighted by Crippen LogP contribution is 2.32. The van der Waals surface area contributed by atoms with Gasteiger partial charge in [0.1, 0.15) is 5.82 Å². The molecule has 0 atom stereocenters. The van der Waals surface area contributed by atoms with E-state index in [-0.39, 0.29) is 0 Å². The van der Waals surface area contributed by atoms with Crippen LogP contribution in [0.3, 0.4) is 0 Å². The Morgan fingerprint density at radius 3 is 2.52 bits per heavy atom. The Labute approximate surface area is 133 Å². The van der Waals surface area contributed by atoms with Crippen LogP contribution in [0.15, 0.2) is 23.2 Å². The maximum Gasteiger partial charge on any atom is 0.419 e. The highest BCUT2D eigenvalue weighted by atomic mass is 32.1. The maximum absolute atomic E-state index is 14.0. The fourth-order valence-corrected chi connectivity index (χ4v) is 3.15. The molecule has 1 amide bonds. The lowest BCUT2D eigenvalue weighted by Crippen LogP contribution is -2.18. The van der Waals surface area contributed by atoms with Gasteiger partial charge in [-0.2, -0.15) is 18.2 Å². The summed E-state index contributed by atoms with van der Waals surface area (Å²) < 4.78 is 53.9. The number of rotatable bonds is 2. The van der Waals surface area contributed by atoms with Crippen LogP contribution in [-0.2, 0) is 12.7 Å². The van der Waals surface area contributed by atoms with Crippen molar-refractivity contribution in [3.63, 3.8) is 0 Å². The molecular formula is C15H14F4N2OS. The number of alkyl halides is 3.